The summed E-state index contributed by atoms with van der Waals surface area (Å²) in [6, 6.07) is -2.98. The minimum absolute atomic E-state index is 0.0412. The van der Waals surface area contributed by atoms with Crippen molar-refractivity contribution in [1.82, 2.24) is 15.5 Å². The van der Waals surface area contributed by atoms with E-state index in [-0.39, 0.29) is 19.8 Å². The Morgan fingerprint density at radius 3 is 2.55 bits per heavy atom. The minimum Gasteiger partial charge on any atom is -0.480 e. The molecule has 3 amide bonds. The highest BCUT2D eigenvalue weighted by atomic mass is 16.5. The van der Waals surface area contributed by atoms with Gasteiger partial charge in [-0.2, -0.15) is 0 Å². The van der Waals surface area contributed by atoms with E-state index in [1.807, 2.05) is 0 Å². The van der Waals surface area contributed by atoms with Gasteiger partial charge in [0.25, 0.3) is 0 Å². The van der Waals surface area contributed by atoms with E-state index in [1.54, 1.807) is 0 Å². The Bertz CT molecular complexity index is 386. The number of aliphatic carboxylic acids is 1. The molecule has 1 saturated heterocycles. The zero-order chi connectivity index (χ0) is 15.3. The number of carbonyl (C=O) groups is 3. The zero-order valence-corrected chi connectivity index (χ0v) is 11.3. The number of urea groups is 1. The van der Waals surface area contributed by atoms with Gasteiger partial charge >= 0.3 is 12.0 Å². The van der Waals surface area contributed by atoms with Crippen LogP contribution in [0.1, 0.15) is 6.92 Å². The summed E-state index contributed by atoms with van der Waals surface area (Å²) >= 11 is 0. The van der Waals surface area contributed by atoms with Crippen molar-refractivity contribution in [3.63, 3.8) is 0 Å². The first-order valence-electron chi connectivity index (χ1n) is 6.15. The number of hydrogen-bond donors (Lipinski definition) is 4. The summed E-state index contributed by atoms with van der Waals surface area (Å²) in [7, 11) is 1.43. The quantitative estimate of drug-likeness (QED) is 0.473. The van der Waals surface area contributed by atoms with Crippen LogP contribution in [0.5, 0.6) is 0 Å². The predicted molar refractivity (Wildman–Crippen MR) is 67.0 cm³/mol. The number of hydrogen-bond acceptors (Lipinski definition) is 5. The largest absolute Gasteiger partial charge is 0.480 e. The number of carbonyl (C=O) groups excluding carboxylic acids is 2. The summed E-state index contributed by atoms with van der Waals surface area (Å²) in [5, 5.41) is 22.9. The Labute approximate surface area is 115 Å². The highest BCUT2D eigenvalue weighted by Gasteiger charge is 2.35. The number of nitrogens with one attached hydrogen (secondary N) is 2. The molecule has 1 fully saturated rings. The van der Waals surface area contributed by atoms with Crippen LogP contribution in [-0.2, 0) is 14.3 Å². The third kappa shape index (κ3) is 3.81. The van der Waals surface area contributed by atoms with Crippen LogP contribution >= 0.6 is 0 Å². The molecule has 0 bridgehead atoms. The van der Waals surface area contributed by atoms with E-state index in [1.165, 1.54) is 18.9 Å². The lowest BCUT2D eigenvalue weighted by molar-refractivity contribution is -0.141. The van der Waals surface area contributed by atoms with Crippen LogP contribution in [-0.4, -0.2) is 78.0 Å². The van der Waals surface area contributed by atoms with Crippen LogP contribution < -0.4 is 10.6 Å². The summed E-state index contributed by atoms with van der Waals surface area (Å²) in [6.07, 6.45) is -1.25. The first-order valence-corrected chi connectivity index (χ1v) is 6.15. The lowest BCUT2D eigenvalue weighted by atomic mass is 10.2. The molecule has 20 heavy (non-hydrogen) atoms. The first kappa shape index (κ1) is 16.2. The molecule has 9 heteroatoms. The molecule has 0 aromatic rings. The molecule has 1 aliphatic heterocycles. The fourth-order valence-corrected chi connectivity index (χ4v) is 1.84. The predicted octanol–water partition coefficient (Wildman–Crippen LogP) is -2.02. The monoisotopic (exact) mass is 289 g/mol. The number of aliphatic hydroxyl groups is 1. The second-order valence-electron chi connectivity index (χ2n) is 4.40. The molecule has 1 rings (SSSR count). The van der Waals surface area contributed by atoms with Crippen LogP contribution in [0.25, 0.3) is 0 Å². The van der Waals surface area contributed by atoms with Crippen LogP contribution in [0, 0.1) is 0 Å². The van der Waals surface area contributed by atoms with Gasteiger partial charge in [-0.3, -0.25) is 4.79 Å². The fraction of sp³-hybridized carbons (Fsp3) is 0.727. The topological polar surface area (TPSA) is 128 Å². The minimum atomic E-state index is -1.43. The Hall–Kier alpha value is -1.87. The molecule has 1 heterocycles. The zero-order valence-electron chi connectivity index (χ0n) is 11.3. The molecule has 0 spiro atoms. The number of carboxylic acids is 1. The number of amides is 3. The molecule has 3 unspecified atom stereocenters. The van der Waals surface area contributed by atoms with E-state index in [9.17, 15) is 19.5 Å². The van der Waals surface area contributed by atoms with Gasteiger partial charge in [0.1, 0.15) is 6.04 Å². The summed E-state index contributed by atoms with van der Waals surface area (Å²) in [5.74, 6) is -1.75. The lowest BCUT2D eigenvalue weighted by Crippen LogP contribution is -2.60. The average molecular weight is 289 g/mol. The standard InChI is InChI=1S/C11H19N3O6/c1-6(15)8(10(17)18)13-11(19)14-3-4-20-5-7(14)9(16)12-2/h6-8,15H,3-5H2,1-2H3,(H,12,16)(H,13,19)(H,17,18). The summed E-state index contributed by atoms with van der Waals surface area (Å²) in [6.45, 7) is 1.72. The first-order chi connectivity index (χ1) is 9.38. The third-order valence-corrected chi connectivity index (χ3v) is 2.97. The molecule has 0 aromatic carbocycles. The fourth-order valence-electron chi connectivity index (χ4n) is 1.84. The van der Waals surface area contributed by atoms with Crippen molar-refractivity contribution in [2.45, 2.75) is 25.1 Å². The number of aliphatic hydroxyl groups excluding tert-OH is 1. The molecule has 3 atom stereocenters. The number of carboxylic acid groups (broad SMARTS) is 1. The van der Waals surface area contributed by atoms with E-state index in [4.69, 9.17) is 9.84 Å². The maximum absolute atomic E-state index is 12.1. The molecular weight excluding hydrogens is 270 g/mol. The van der Waals surface area contributed by atoms with Gasteiger partial charge in [-0.25, -0.2) is 9.59 Å². The van der Waals surface area contributed by atoms with Gasteiger partial charge in [-0.15, -0.1) is 0 Å². The second-order valence-corrected chi connectivity index (χ2v) is 4.40. The van der Waals surface area contributed by atoms with Crippen molar-refractivity contribution < 1.29 is 29.3 Å². The van der Waals surface area contributed by atoms with Crippen LogP contribution in [0.3, 0.4) is 0 Å². The third-order valence-electron chi connectivity index (χ3n) is 2.97. The summed E-state index contributed by atoms with van der Waals surface area (Å²) in [4.78, 5) is 35.8. The smallest absolute Gasteiger partial charge is 0.328 e. The number of morpholine rings is 1. The van der Waals surface area contributed by atoms with E-state index >= 15 is 0 Å². The molecule has 0 radical (unpaired) electrons. The molecule has 0 aliphatic carbocycles. The summed E-state index contributed by atoms with van der Waals surface area (Å²) in [5.41, 5.74) is 0. The van der Waals surface area contributed by atoms with Gasteiger partial charge in [0.15, 0.2) is 6.04 Å². The SMILES string of the molecule is CNC(=O)C1COCCN1C(=O)NC(C(=O)O)C(C)O. The van der Waals surface area contributed by atoms with Gasteiger partial charge in [-0.05, 0) is 6.92 Å². The number of nitrogens with zero attached hydrogens (tertiary/aromatic N) is 1. The van der Waals surface area contributed by atoms with E-state index < -0.39 is 36.1 Å². The number of rotatable bonds is 4. The molecule has 114 valence electrons. The van der Waals surface area contributed by atoms with Gasteiger partial charge in [-0.1, -0.05) is 0 Å². The highest BCUT2D eigenvalue weighted by Crippen LogP contribution is 2.08. The van der Waals surface area contributed by atoms with Crippen LogP contribution in [0.4, 0.5) is 4.79 Å². The van der Waals surface area contributed by atoms with E-state index in [2.05, 4.69) is 10.6 Å². The normalized spacial score (nSPS) is 21.8. The molecule has 0 aromatic heterocycles. The molecule has 9 nitrogen and oxygen atoms in total. The Morgan fingerprint density at radius 1 is 1.40 bits per heavy atom. The second kappa shape index (κ2) is 7.06. The average Bonchev–Trinajstić information content (AvgIpc) is 2.42. The Morgan fingerprint density at radius 2 is 2.05 bits per heavy atom. The van der Waals surface area contributed by atoms with Crippen molar-refractivity contribution in [2.24, 2.45) is 0 Å². The number of ether oxygens (including phenoxy) is 1. The highest BCUT2D eigenvalue weighted by molar-refractivity contribution is 5.89. The van der Waals surface area contributed by atoms with Crippen molar-refractivity contribution >= 4 is 17.9 Å². The van der Waals surface area contributed by atoms with E-state index in [0.717, 1.165) is 0 Å². The van der Waals surface area contributed by atoms with Crippen molar-refractivity contribution in [3.05, 3.63) is 0 Å². The van der Waals surface area contributed by atoms with Crippen LogP contribution in [0.2, 0.25) is 0 Å². The molecule has 4 N–H and O–H groups in total. The van der Waals surface area contributed by atoms with Gasteiger partial charge in [0.05, 0.1) is 19.3 Å². The van der Waals surface area contributed by atoms with Crippen molar-refractivity contribution in [1.29, 1.82) is 0 Å². The van der Waals surface area contributed by atoms with Crippen molar-refractivity contribution in [2.75, 3.05) is 26.8 Å². The molecule has 0 saturated carbocycles. The van der Waals surface area contributed by atoms with E-state index in [0.29, 0.717) is 0 Å². The van der Waals surface area contributed by atoms with Gasteiger partial charge in [0, 0.05) is 13.6 Å². The van der Waals surface area contributed by atoms with Gasteiger partial charge < -0.3 is 30.5 Å². The molecular formula is C11H19N3O6. The Balaban J connectivity index is 2.77. The van der Waals surface area contributed by atoms with Gasteiger partial charge in [0.2, 0.25) is 5.91 Å². The maximum atomic E-state index is 12.1. The Kier molecular flexibility index (Phi) is 5.71. The number of likely N-dealkylation sites (N-methyl/N-ethyl adjacent to an activating group) is 1. The lowest BCUT2D eigenvalue weighted by Gasteiger charge is -2.35. The van der Waals surface area contributed by atoms with Crippen molar-refractivity contribution in [3.8, 4) is 0 Å². The molecule has 1 aliphatic rings. The summed E-state index contributed by atoms with van der Waals surface area (Å²) < 4.78 is 5.14. The maximum Gasteiger partial charge on any atom is 0.328 e. The van der Waals surface area contributed by atoms with Crippen LogP contribution in [0.15, 0.2) is 0 Å².